The van der Waals surface area contributed by atoms with E-state index in [0.29, 0.717) is 29.6 Å². The summed E-state index contributed by atoms with van der Waals surface area (Å²) in [7, 11) is 0. The van der Waals surface area contributed by atoms with E-state index in [2.05, 4.69) is 15.1 Å². The summed E-state index contributed by atoms with van der Waals surface area (Å²) in [5, 5.41) is 8.32. The number of benzene rings is 1. The number of amides is 1. The normalized spacial score (nSPS) is 22.1. The lowest BCUT2D eigenvalue weighted by atomic mass is 10.0. The minimum Gasteiger partial charge on any atom is -0.351 e. The molecule has 8 heteroatoms. The molecule has 29 heavy (non-hydrogen) atoms. The molecule has 5 nitrogen and oxygen atoms in total. The van der Waals surface area contributed by atoms with Gasteiger partial charge in [0.1, 0.15) is 11.6 Å². The molecule has 1 aromatic carbocycles. The number of carbonyl (C=O) groups is 1. The standard InChI is InChI=1S/C21H23ClF2N4O/c1-12-10-27(19-6-5-18(22)25-26-19)11-13(2)28(12)20(29)9-14-7-16(23)21(15-3-4-15)17(24)8-14/h5-8,12-13,15H,3-4,9-11H2,1-2H3/t12-,13+. The summed E-state index contributed by atoms with van der Waals surface area (Å²) in [5.41, 5.74) is 0.542. The van der Waals surface area contributed by atoms with Crippen molar-refractivity contribution in [2.45, 2.75) is 51.1 Å². The molecule has 0 N–H and O–H groups in total. The molecule has 1 aliphatic carbocycles. The lowest BCUT2D eigenvalue weighted by Crippen LogP contribution is -2.59. The Kier molecular flexibility index (Phi) is 5.42. The van der Waals surface area contributed by atoms with Crippen LogP contribution in [0.2, 0.25) is 5.15 Å². The Labute approximate surface area is 173 Å². The molecule has 1 saturated heterocycles. The van der Waals surface area contributed by atoms with Crippen LogP contribution in [0, 0.1) is 11.6 Å². The molecular formula is C21H23ClF2N4O. The number of carbonyl (C=O) groups excluding carboxylic acids is 1. The Bertz CT molecular complexity index is 884. The maximum Gasteiger partial charge on any atom is 0.227 e. The highest BCUT2D eigenvalue weighted by Gasteiger charge is 2.34. The summed E-state index contributed by atoms with van der Waals surface area (Å²) < 4.78 is 28.6. The molecular weight excluding hydrogens is 398 g/mol. The van der Waals surface area contributed by atoms with E-state index in [4.69, 9.17) is 11.6 Å². The highest BCUT2D eigenvalue weighted by molar-refractivity contribution is 6.29. The molecule has 2 heterocycles. The summed E-state index contributed by atoms with van der Waals surface area (Å²) in [6, 6.07) is 5.95. The molecule has 0 unspecified atom stereocenters. The van der Waals surface area contributed by atoms with Crippen molar-refractivity contribution in [3.05, 3.63) is 52.2 Å². The summed E-state index contributed by atoms with van der Waals surface area (Å²) >= 11 is 5.80. The lowest BCUT2D eigenvalue weighted by molar-refractivity contribution is -0.135. The average molecular weight is 421 g/mol. The Hall–Kier alpha value is -2.28. The van der Waals surface area contributed by atoms with Gasteiger partial charge in [0.15, 0.2) is 11.0 Å². The third kappa shape index (κ3) is 4.20. The van der Waals surface area contributed by atoms with Crippen LogP contribution in [0.3, 0.4) is 0 Å². The van der Waals surface area contributed by atoms with Crippen LogP contribution in [0.5, 0.6) is 0 Å². The van der Waals surface area contributed by atoms with E-state index < -0.39 is 11.6 Å². The molecule has 0 radical (unpaired) electrons. The first-order chi connectivity index (χ1) is 13.8. The molecule has 0 bridgehead atoms. The fourth-order valence-corrected chi connectivity index (χ4v) is 4.35. The Morgan fingerprint density at radius 3 is 2.24 bits per heavy atom. The first kappa shape index (κ1) is 20.0. The van der Waals surface area contributed by atoms with Gasteiger partial charge >= 0.3 is 0 Å². The van der Waals surface area contributed by atoms with Crippen molar-refractivity contribution in [2.75, 3.05) is 18.0 Å². The Morgan fingerprint density at radius 1 is 1.10 bits per heavy atom. The summed E-state index contributed by atoms with van der Waals surface area (Å²) in [5.74, 6) is -0.515. The van der Waals surface area contributed by atoms with Crippen LogP contribution in [-0.2, 0) is 11.2 Å². The number of hydrogen-bond donors (Lipinski definition) is 0. The zero-order valence-corrected chi connectivity index (χ0v) is 17.2. The van der Waals surface area contributed by atoms with E-state index in [0.717, 1.165) is 12.8 Å². The van der Waals surface area contributed by atoms with Crippen LogP contribution in [0.25, 0.3) is 0 Å². The predicted molar refractivity (Wildman–Crippen MR) is 107 cm³/mol. The van der Waals surface area contributed by atoms with E-state index in [-0.39, 0.29) is 35.9 Å². The Morgan fingerprint density at radius 2 is 1.72 bits per heavy atom. The van der Waals surface area contributed by atoms with Gasteiger partial charge in [-0.05, 0) is 62.4 Å². The van der Waals surface area contributed by atoms with Crippen LogP contribution < -0.4 is 4.90 Å². The van der Waals surface area contributed by atoms with Crippen molar-refractivity contribution in [3.63, 3.8) is 0 Å². The van der Waals surface area contributed by atoms with E-state index >= 15 is 0 Å². The smallest absolute Gasteiger partial charge is 0.227 e. The van der Waals surface area contributed by atoms with E-state index in [1.165, 1.54) is 12.1 Å². The molecule has 2 aromatic rings. The number of halogens is 3. The van der Waals surface area contributed by atoms with Crippen molar-refractivity contribution < 1.29 is 13.6 Å². The molecule has 2 aliphatic rings. The molecule has 2 fully saturated rings. The molecule has 1 amide bonds. The van der Waals surface area contributed by atoms with Gasteiger partial charge in [-0.25, -0.2) is 8.78 Å². The monoisotopic (exact) mass is 420 g/mol. The zero-order chi connectivity index (χ0) is 20.7. The van der Waals surface area contributed by atoms with Gasteiger partial charge < -0.3 is 9.80 Å². The van der Waals surface area contributed by atoms with Gasteiger partial charge in [-0.15, -0.1) is 10.2 Å². The van der Waals surface area contributed by atoms with Crippen molar-refractivity contribution in [2.24, 2.45) is 0 Å². The maximum absolute atomic E-state index is 14.3. The van der Waals surface area contributed by atoms with E-state index in [1.54, 1.807) is 17.0 Å². The number of piperazine rings is 1. The number of aromatic nitrogens is 2. The van der Waals surface area contributed by atoms with Crippen molar-refractivity contribution in [1.82, 2.24) is 15.1 Å². The largest absolute Gasteiger partial charge is 0.351 e. The first-order valence-electron chi connectivity index (χ1n) is 9.86. The number of anilines is 1. The SMILES string of the molecule is C[C@@H]1CN(c2ccc(Cl)nn2)C[C@H](C)N1C(=O)Cc1cc(F)c(C2CC2)c(F)c1. The fourth-order valence-electron chi connectivity index (χ4n) is 4.25. The summed E-state index contributed by atoms with van der Waals surface area (Å²) in [6.45, 7) is 5.11. The van der Waals surface area contributed by atoms with Gasteiger partial charge in [-0.2, -0.15) is 0 Å². The van der Waals surface area contributed by atoms with Gasteiger partial charge in [0, 0.05) is 30.7 Å². The van der Waals surface area contributed by atoms with Crippen LogP contribution >= 0.6 is 11.6 Å². The van der Waals surface area contributed by atoms with Crippen LogP contribution in [0.4, 0.5) is 14.6 Å². The molecule has 1 aromatic heterocycles. The van der Waals surface area contributed by atoms with Gasteiger partial charge in [-0.1, -0.05) is 11.6 Å². The van der Waals surface area contributed by atoms with Crippen molar-refractivity contribution in [1.29, 1.82) is 0 Å². The molecule has 4 rings (SSSR count). The Balaban J connectivity index is 1.46. The van der Waals surface area contributed by atoms with Crippen LogP contribution in [0.1, 0.15) is 43.7 Å². The maximum atomic E-state index is 14.3. The number of nitrogens with zero attached hydrogens (tertiary/aromatic N) is 4. The van der Waals surface area contributed by atoms with Gasteiger partial charge in [-0.3, -0.25) is 4.79 Å². The number of rotatable bonds is 4. The van der Waals surface area contributed by atoms with Gasteiger partial charge in [0.05, 0.1) is 6.42 Å². The lowest BCUT2D eigenvalue weighted by Gasteiger charge is -2.44. The zero-order valence-electron chi connectivity index (χ0n) is 16.4. The van der Waals surface area contributed by atoms with Gasteiger partial charge in [0.25, 0.3) is 0 Å². The van der Waals surface area contributed by atoms with Crippen molar-refractivity contribution >= 4 is 23.3 Å². The predicted octanol–water partition coefficient (Wildman–Crippen LogP) is 3.95. The average Bonchev–Trinajstić information content (AvgIpc) is 3.46. The quantitative estimate of drug-likeness (QED) is 0.751. The molecule has 0 spiro atoms. The van der Waals surface area contributed by atoms with Crippen LogP contribution in [0.15, 0.2) is 24.3 Å². The summed E-state index contributed by atoms with van der Waals surface area (Å²) in [4.78, 5) is 16.8. The third-order valence-electron chi connectivity index (χ3n) is 5.63. The molecule has 1 saturated carbocycles. The highest BCUT2D eigenvalue weighted by Crippen LogP contribution is 2.42. The summed E-state index contributed by atoms with van der Waals surface area (Å²) in [6.07, 6.45) is 1.63. The second-order valence-corrected chi connectivity index (χ2v) is 8.43. The van der Waals surface area contributed by atoms with Crippen LogP contribution in [-0.4, -0.2) is 46.2 Å². The topological polar surface area (TPSA) is 49.3 Å². The van der Waals surface area contributed by atoms with Gasteiger partial charge in [0.2, 0.25) is 5.91 Å². The highest BCUT2D eigenvalue weighted by atomic mass is 35.5. The molecule has 154 valence electrons. The molecule has 1 aliphatic heterocycles. The first-order valence-corrected chi connectivity index (χ1v) is 10.2. The van der Waals surface area contributed by atoms with E-state index in [1.807, 2.05) is 13.8 Å². The second kappa shape index (κ2) is 7.86. The molecule has 2 atom stereocenters. The second-order valence-electron chi connectivity index (χ2n) is 8.04. The number of hydrogen-bond acceptors (Lipinski definition) is 4. The minimum absolute atomic E-state index is 0.0103. The van der Waals surface area contributed by atoms with E-state index in [9.17, 15) is 13.6 Å². The van der Waals surface area contributed by atoms with Crippen molar-refractivity contribution in [3.8, 4) is 0 Å². The fraction of sp³-hybridized carbons (Fsp3) is 0.476. The third-order valence-corrected chi connectivity index (χ3v) is 5.83. The minimum atomic E-state index is -0.539.